The molecule has 1 aliphatic rings. The Morgan fingerprint density at radius 2 is 1.71 bits per heavy atom. The van der Waals surface area contributed by atoms with E-state index in [2.05, 4.69) is 4.99 Å². The van der Waals surface area contributed by atoms with Gasteiger partial charge in [-0.15, -0.1) is 11.3 Å². The molecule has 1 heterocycles. The second-order valence-corrected chi connectivity index (χ2v) is 9.75. The molecule has 3 rings (SSSR count). The molecule has 0 atom stereocenters. The van der Waals surface area contributed by atoms with Crippen molar-refractivity contribution in [3.05, 3.63) is 50.3 Å². The minimum absolute atomic E-state index is 0.199. The van der Waals surface area contributed by atoms with E-state index in [9.17, 15) is 31.1 Å². The molecule has 1 amide bonds. The van der Waals surface area contributed by atoms with Crippen LogP contribution in [0.1, 0.15) is 65.7 Å². The topological polar surface area (TPSA) is 34.4 Å². The number of nitrogens with zero attached hydrogens (tertiary/aromatic N) is 2. The highest BCUT2D eigenvalue weighted by Gasteiger charge is 2.39. The lowest BCUT2D eigenvalue weighted by molar-refractivity contribution is -0.141. The van der Waals surface area contributed by atoms with Crippen LogP contribution in [0.3, 0.4) is 0 Å². The fourth-order valence-electron chi connectivity index (χ4n) is 3.33. The average molecular weight is 464 g/mol. The van der Waals surface area contributed by atoms with Gasteiger partial charge in [-0.2, -0.15) is 31.3 Å². The highest BCUT2D eigenvalue weighted by atomic mass is 32.1. The third kappa shape index (κ3) is 5.22. The monoisotopic (exact) mass is 464 g/mol. The highest BCUT2D eigenvalue weighted by molar-refractivity contribution is 7.09. The van der Waals surface area contributed by atoms with E-state index in [0.717, 1.165) is 23.4 Å². The predicted octanol–water partition coefficient (Wildman–Crippen LogP) is 6.34. The molecule has 170 valence electrons. The second kappa shape index (κ2) is 7.79. The summed E-state index contributed by atoms with van der Waals surface area (Å²) in [6.45, 7) is 8.32. The molecule has 1 aromatic heterocycles. The zero-order valence-electron chi connectivity index (χ0n) is 17.4. The van der Waals surface area contributed by atoms with Crippen molar-refractivity contribution in [1.82, 2.24) is 4.57 Å². The van der Waals surface area contributed by atoms with Crippen LogP contribution < -0.4 is 4.80 Å². The van der Waals surface area contributed by atoms with Crippen LogP contribution in [0, 0.1) is 12.8 Å². The average Bonchev–Trinajstić information content (AvgIpc) is 3.38. The van der Waals surface area contributed by atoms with Crippen LogP contribution in [-0.4, -0.2) is 10.5 Å². The minimum Gasteiger partial charge on any atom is -0.320 e. The van der Waals surface area contributed by atoms with Gasteiger partial charge in [0.1, 0.15) is 0 Å². The zero-order valence-corrected chi connectivity index (χ0v) is 18.2. The first-order valence-corrected chi connectivity index (χ1v) is 10.5. The Hall–Kier alpha value is -2.10. The molecule has 0 spiro atoms. The lowest BCUT2D eigenvalue weighted by Crippen LogP contribution is -2.21. The maximum Gasteiger partial charge on any atom is 0.417 e. The van der Waals surface area contributed by atoms with Crippen molar-refractivity contribution in [1.29, 1.82) is 0 Å². The number of halogens is 6. The summed E-state index contributed by atoms with van der Waals surface area (Å²) in [6, 6.07) is 0.828. The lowest BCUT2D eigenvalue weighted by Gasteiger charge is -2.17. The first-order valence-electron chi connectivity index (χ1n) is 9.67. The molecule has 0 bridgehead atoms. The summed E-state index contributed by atoms with van der Waals surface area (Å²) in [5.74, 6) is -0.945. The number of hydrogen-bond acceptors (Lipinski definition) is 2. The third-order valence-electron chi connectivity index (χ3n) is 5.06. The van der Waals surface area contributed by atoms with Crippen molar-refractivity contribution in [3.63, 3.8) is 0 Å². The molecule has 0 unspecified atom stereocenters. The number of carbonyl (C=O) groups excluding carboxylic acids is 1. The summed E-state index contributed by atoms with van der Waals surface area (Å²) in [5.41, 5.74) is -3.31. The van der Waals surface area contributed by atoms with E-state index in [0.29, 0.717) is 18.5 Å². The predicted molar refractivity (Wildman–Crippen MR) is 105 cm³/mol. The molecule has 0 N–H and O–H groups in total. The summed E-state index contributed by atoms with van der Waals surface area (Å²) in [5, 5.41) is 0. The Balaban J connectivity index is 2.18. The van der Waals surface area contributed by atoms with Gasteiger partial charge < -0.3 is 4.57 Å². The number of aromatic nitrogens is 1. The molecule has 1 saturated carbocycles. The van der Waals surface area contributed by atoms with Gasteiger partial charge in [0, 0.05) is 17.1 Å². The van der Waals surface area contributed by atoms with Gasteiger partial charge in [-0.3, -0.25) is 4.79 Å². The molecular weight excluding hydrogens is 442 g/mol. The fraction of sp³-hybridized carbons (Fsp3) is 0.524. The standard InChI is InChI=1S/C21H22F6N2OS/c1-11-16(19(2,3)4)31-18(29(11)10-12-5-6-12)28-17(30)14-9-13(20(22,23)24)7-8-15(14)21(25,26)27/h7-9,12H,5-6,10H2,1-4H3/b28-18-. The van der Waals surface area contributed by atoms with E-state index in [1.807, 2.05) is 27.7 Å². The Bertz CT molecular complexity index is 1070. The van der Waals surface area contributed by atoms with Gasteiger partial charge in [0.2, 0.25) is 0 Å². The number of carbonyl (C=O) groups is 1. The van der Waals surface area contributed by atoms with Crippen molar-refractivity contribution < 1.29 is 31.1 Å². The third-order valence-corrected chi connectivity index (χ3v) is 6.66. The van der Waals surface area contributed by atoms with Crippen molar-refractivity contribution in [2.75, 3.05) is 0 Å². The smallest absolute Gasteiger partial charge is 0.320 e. The molecule has 0 saturated heterocycles. The molecule has 10 heteroatoms. The molecule has 2 aromatic rings. The highest BCUT2D eigenvalue weighted by Crippen LogP contribution is 2.37. The number of rotatable bonds is 3. The summed E-state index contributed by atoms with van der Waals surface area (Å²) in [6.07, 6.45) is -7.86. The van der Waals surface area contributed by atoms with Crippen LogP contribution >= 0.6 is 11.3 Å². The van der Waals surface area contributed by atoms with Crippen molar-refractivity contribution in [2.45, 2.75) is 64.8 Å². The van der Waals surface area contributed by atoms with E-state index in [1.54, 1.807) is 4.57 Å². The summed E-state index contributed by atoms with van der Waals surface area (Å²) in [7, 11) is 0. The van der Waals surface area contributed by atoms with Gasteiger partial charge in [-0.1, -0.05) is 20.8 Å². The maximum atomic E-state index is 13.4. The fourth-order valence-corrected chi connectivity index (χ4v) is 4.53. The van der Waals surface area contributed by atoms with Crippen LogP contribution in [0.5, 0.6) is 0 Å². The van der Waals surface area contributed by atoms with Crippen molar-refractivity contribution in [2.24, 2.45) is 10.9 Å². The van der Waals surface area contributed by atoms with Gasteiger partial charge in [-0.25, -0.2) is 0 Å². The van der Waals surface area contributed by atoms with Crippen LogP contribution in [0.15, 0.2) is 23.2 Å². The van der Waals surface area contributed by atoms with Gasteiger partial charge in [0.05, 0.1) is 16.7 Å². The first-order chi connectivity index (χ1) is 14.1. The maximum absolute atomic E-state index is 13.4. The van der Waals surface area contributed by atoms with E-state index in [1.165, 1.54) is 11.3 Å². The van der Waals surface area contributed by atoms with Gasteiger partial charge in [0.15, 0.2) is 4.80 Å². The Morgan fingerprint density at radius 3 is 2.19 bits per heavy atom. The molecule has 0 aliphatic heterocycles. The minimum atomic E-state index is -4.99. The Morgan fingerprint density at radius 1 is 1.10 bits per heavy atom. The van der Waals surface area contributed by atoms with E-state index >= 15 is 0 Å². The van der Waals surface area contributed by atoms with Gasteiger partial charge in [0.25, 0.3) is 5.91 Å². The van der Waals surface area contributed by atoms with Gasteiger partial charge in [-0.05, 0) is 49.3 Å². The molecule has 1 aliphatic carbocycles. The molecule has 3 nitrogen and oxygen atoms in total. The van der Waals surface area contributed by atoms with Crippen LogP contribution in [0.2, 0.25) is 0 Å². The summed E-state index contributed by atoms with van der Waals surface area (Å²) in [4.78, 5) is 17.7. The van der Waals surface area contributed by atoms with Crippen molar-refractivity contribution >= 4 is 17.2 Å². The molecule has 0 radical (unpaired) electrons. The molecule has 31 heavy (non-hydrogen) atoms. The van der Waals surface area contributed by atoms with Crippen LogP contribution in [-0.2, 0) is 24.3 Å². The number of hydrogen-bond donors (Lipinski definition) is 0. The quantitative estimate of drug-likeness (QED) is 0.488. The Labute approximate surface area is 179 Å². The van der Waals surface area contributed by atoms with E-state index in [-0.39, 0.29) is 22.3 Å². The number of thiazole rings is 1. The molecule has 1 aromatic carbocycles. The van der Waals surface area contributed by atoms with Crippen LogP contribution in [0.4, 0.5) is 26.3 Å². The zero-order chi connectivity index (χ0) is 23.4. The molecule has 1 fully saturated rings. The normalized spacial score (nSPS) is 16.1. The van der Waals surface area contributed by atoms with E-state index < -0.39 is 35.0 Å². The van der Waals surface area contributed by atoms with Crippen molar-refractivity contribution in [3.8, 4) is 0 Å². The number of alkyl halides is 6. The number of benzene rings is 1. The summed E-state index contributed by atoms with van der Waals surface area (Å²) >= 11 is 1.18. The molecular formula is C21H22F6N2OS. The van der Waals surface area contributed by atoms with Crippen LogP contribution in [0.25, 0.3) is 0 Å². The van der Waals surface area contributed by atoms with Gasteiger partial charge >= 0.3 is 12.4 Å². The summed E-state index contributed by atoms with van der Waals surface area (Å²) < 4.78 is 81.1. The largest absolute Gasteiger partial charge is 0.417 e. The SMILES string of the molecule is Cc1c(C(C)(C)C)s/c(=N\C(=O)c2cc(C(F)(F)F)ccc2C(F)(F)F)n1CC1CC1. The second-order valence-electron chi connectivity index (χ2n) is 8.78. The van der Waals surface area contributed by atoms with E-state index in [4.69, 9.17) is 0 Å². The first kappa shape index (κ1) is 23.6. The number of amides is 1. The lowest BCUT2D eigenvalue weighted by atomic mass is 9.93. The Kier molecular flexibility index (Phi) is 5.92.